The van der Waals surface area contributed by atoms with Gasteiger partial charge >= 0.3 is 5.69 Å². The lowest BCUT2D eigenvalue weighted by Crippen LogP contribution is -2.52. The molecule has 0 aliphatic heterocycles. The topological polar surface area (TPSA) is 108 Å². The molecule has 2 aromatic rings. The van der Waals surface area contributed by atoms with Crippen molar-refractivity contribution in [3.63, 3.8) is 0 Å². The fraction of sp³-hybridized carbons (Fsp3) is 0.632. The van der Waals surface area contributed by atoms with Crippen molar-refractivity contribution in [1.82, 2.24) is 24.9 Å². The summed E-state index contributed by atoms with van der Waals surface area (Å²) in [6, 6.07) is 1.79. The first-order valence-corrected chi connectivity index (χ1v) is 9.93. The van der Waals surface area contributed by atoms with Gasteiger partial charge in [0.25, 0.3) is 5.91 Å². The van der Waals surface area contributed by atoms with Crippen LogP contribution in [-0.2, 0) is 19.1 Å². The van der Waals surface area contributed by atoms with E-state index in [-0.39, 0.29) is 23.5 Å². The van der Waals surface area contributed by atoms with E-state index in [4.69, 9.17) is 0 Å². The maximum Gasteiger partial charge on any atom is 0.320 e. The minimum absolute atomic E-state index is 0.0945. The van der Waals surface area contributed by atoms with Crippen molar-refractivity contribution in [2.24, 2.45) is 24.8 Å². The first-order chi connectivity index (χ1) is 13.4. The maximum absolute atomic E-state index is 12.7. The first-order valence-electron chi connectivity index (χ1n) is 9.93. The van der Waals surface area contributed by atoms with E-state index in [1.807, 2.05) is 0 Å². The highest BCUT2D eigenvalue weighted by Gasteiger charge is 2.53. The second kappa shape index (κ2) is 6.15. The number of hydrogen-bond acceptors (Lipinski definition) is 5. The average Bonchev–Trinajstić information content (AvgIpc) is 3.25. The lowest BCUT2D eigenvalue weighted by molar-refractivity contribution is -0.385. The molecule has 1 amide bonds. The molecule has 4 aliphatic rings. The number of carbonyl (C=O) groups is 1. The Morgan fingerprint density at radius 3 is 2.46 bits per heavy atom. The fourth-order valence-corrected chi connectivity index (χ4v) is 6.08. The molecule has 0 spiro atoms. The van der Waals surface area contributed by atoms with Crippen LogP contribution in [0.1, 0.15) is 54.7 Å². The van der Waals surface area contributed by atoms with Gasteiger partial charge in [0.05, 0.1) is 22.7 Å². The Kier molecular flexibility index (Phi) is 3.82. The summed E-state index contributed by atoms with van der Waals surface area (Å²) in [5.41, 5.74) is 0.359. The van der Waals surface area contributed by atoms with Crippen LogP contribution in [0.25, 0.3) is 0 Å². The van der Waals surface area contributed by atoms with Crippen LogP contribution in [0.5, 0.6) is 0 Å². The summed E-state index contributed by atoms with van der Waals surface area (Å²) in [5, 5.41) is 22.9. The summed E-state index contributed by atoms with van der Waals surface area (Å²) in [7, 11) is 1.78. The molecule has 1 N–H and O–H groups in total. The second-order valence-electron chi connectivity index (χ2n) is 8.84. The minimum Gasteiger partial charge on any atom is -0.345 e. The van der Waals surface area contributed by atoms with Crippen molar-refractivity contribution in [3.8, 4) is 0 Å². The van der Waals surface area contributed by atoms with Crippen LogP contribution < -0.4 is 5.32 Å². The van der Waals surface area contributed by atoms with Gasteiger partial charge in [-0.1, -0.05) is 0 Å². The Hall–Kier alpha value is -2.71. The van der Waals surface area contributed by atoms with Crippen LogP contribution in [0.2, 0.25) is 0 Å². The predicted molar refractivity (Wildman–Crippen MR) is 99.4 cm³/mol. The summed E-state index contributed by atoms with van der Waals surface area (Å²) in [6.45, 7) is 0.247. The molecule has 0 atom stereocenters. The fourth-order valence-electron chi connectivity index (χ4n) is 6.08. The lowest BCUT2D eigenvalue weighted by atomic mass is 9.53. The quantitative estimate of drug-likeness (QED) is 0.629. The van der Waals surface area contributed by atoms with E-state index in [1.165, 1.54) is 25.5 Å². The zero-order chi connectivity index (χ0) is 19.5. The van der Waals surface area contributed by atoms with E-state index in [9.17, 15) is 14.9 Å². The third kappa shape index (κ3) is 2.71. The molecule has 4 saturated carbocycles. The lowest BCUT2D eigenvalue weighted by Gasteiger charge is -2.56. The third-order valence-electron chi connectivity index (χ3n) is 6.95. The van der Waals surface area contributed by atoms with E-state index in [0.717, 1.165) is 25.0 Å². The van der Waals surface area contributed by atoms with Gasteiger partial charge in [-0.15, -0.1) is 0 Å². The number of nitrogens with zero attached hydrogens (tertiary/aromatic N) is 5. The van der Waals surface area contributed by atoms with Crippen LogP contribution in [0, 0.1) is 27.9 Å². The highest BCUT2D eigenvalue weighted by molar-refractivity contribution is 5.96. The van der Waals surface area contributed by atoms with Crippen molar-refractivity contribution < 1.29 is 9.72 Å². The number of rotatable bonds is 5. The molecular weight excluding hydrogens is 360 g/mol. The number of aryl methyl sites for hydroxylation is 1. The smallest absolute Gasteiger partial charge is 0.320 e. The van der Waals surface area contributed by atoms with Gasteiger partial charge in [0.2, 0.25) is 5.69 Å². The van der Waals surface area contributed by atoms with Crippen molar-refractivity contribution in [2.45, 2.75) is 50.6 Å². The normalized spacial score (nSPS) is 30.5. The summed E-state index contributed by atoms with van der Waals surface area (Å²) >= 11 is 0. The predicted octanol–water partition coefficient (Wildman–Crippen LogP) is 2.38. The van der Waals surface area contributed by atoms with Crippen molar-refractivity contribution in [1.29, 1.82) is 0 Å². The van der Waals surface area contributed by atoms with Crippen LogP contribution in [0.4, 0.5) is 5.69 Å². The van der Waals surface area contributed by atoms with Crippen LogP contribution in [-0.4, -0.2) is 30.4 Å². The van der Waals surface area contributed by atoms with Crippen LogP contribution in [0.15, 0.2) is 18.5 Å². The summed E-state index contributed by atoms with van der Waals surface area (Å²) in [5.74, 6) is 1.56. The molecule has 9 heteroatoms. The van der Waals surface area contributed by atoms with E-state index in [0.29, 0.717) is 17.8 Å². The van der Waals surface area contributed by atoms with E-state index in [2.05, 4.69) is 15.5 Å². The molecule has 9 nitrogen and oxygen atoms in total. The first kappa shape index (κ1) is 17.4. The van der Waals surface area contributed by atoms with E-state index >= 15 is 0 Å². The van der Waals surface area contributed by atoms with Gasteiger partial charge in [-0.2, -0.15) is 10.2 Å². The molecule has 4 aliphatic carbocycles. The minimum atomic E-state index is -0.517. The highest BCUT2D eigenvalue weighted by atomic mass is 16.6. The molecule has 0 aromatic carbocycles. The van der Waals surface area contributed by atoms with Gasteiger partial charge in [0.1, 0.15) is 6.20 Å². The molecular formula is C19H24N6O3. The Morgan fingerprint density at radius 2 is 1.93 bits per heavy atom. The Balaban J connectivity index is 1.43. The molecule has 6 rings (SSSR count). The van der Waals surface area contributed by atoms with Gasteiger partial charge in [-0.25, -0.2) is 0 Å². The van der Waals surface area contributed by atoms with Gasteiger partial charge in [0, 0.05) is 13.2 Å². The van der Waals surface area contributed by atoms with Crippen LogP contribution >= 0.6 is 0 Å². The SMILES string of the molecule is Cn1nccc1CNC(=O)c1nn(C23CC4CC(CC(C4)C2)C3)cc1[N+](=O)[O-]. The number of aromatic nitrogens is 4. The zero-order valence-corrected chi connectivity index (χ0v) is 15.9. The van der Waals surface area contributed by atoms with E-state index in [1.54, 1.807) is 28.7 Å². The molecule has 0 unspecified atom stereocenters. The zero-order valence-electron chi connectivity index (χ0n) is 15.9. The number of hydrogen-bond donors (Lipinski definition) is 1. The maximum atomic E-state index is 12.7. The van der Waals surface area contributed by atoms with Crippen molar-refractivity contribution in [2.75, 3.05) is 0 Å². The van der Waals surface area contributed by atoms with Crippen LogP contribution in [0.3, 0.4) is 0 Å². The Morgan fingerprint density at radius 1 is 1.29 bits per heavy atom. The van der Waals surface area contributed by atoms with Gasteiger partial charge in [0.15, 0.2) is 0 Å². The molecule has 148 valence electrons. The number of amides is 1. The highest BCUT2D eigenvalue weighted by Crippen LogP contribution is 2.58. The number of nitrogens with one attached hydrogen (secondary N) is 1. The van der Waals surface area contributed by atoms with Gasteiger partial charge in [-0.05, 0) is 62.3 Å². The summed E-state index contributed by atoms with van der Waals surface area (Å²) in [6.07, 6.45) is 10.0. The standard InChI is InChI=1S/C19H24N6O3/c1-23-15(2-3-21-23)10-20-18(26)17-16(25(27)28)11-24(22-17)19-7-12-4-13(8-19)6-14(5-12)9-19/h2-3,11-14H,4-10H2,1H3,(H,20,26). The molecule has 0 saturated heterocycles. The summed E-state index contributed by atoms with van der Waals surface area (Å²) < 4.78 is 3.43. The monoisotopic (exact) mass is 384 g/mol. The molecule has 4 fully saturated rings. The molecule has 4 bridgehead atoms. The second-order valence-corrected chi connectivity index (χ2v) is 8.84. The molecule has 28 heavy (non-hydrogen) atoms. The van der Waals surface area contributed by atoms with Crippen molar-refractivity contribution >= 4 is 11.6 Å². The Bertz CT molecular complexity index is 910. The Labute approximate surface area is 162 Å². The summed E-state index contributed by atoms with van der Waals surface area (Å²) in [4.78, 5) is 23.8. The number of carbonyl (C=O) groups excluding carboxylic acids is 1. The number of nitro groups is 1. The average molecular weight is 384 g/mol. The largest absolute Gasteiger partial charge is 0.345 e. The van der Waals surface area contributed by atoms with Crippen molar-refractivity contribution in [3.05, 3.63) is 40.0 Å². The molecule has 2 aromatic heterocycles. The molecule has 2 heterocycles. The van der Waals surface area contributed by atoms with Gasteiger partial charge in [-0.3, -0.25) is 24.3 Å². The third-order valence-corrected chi connectivity index (χ3v) is 6.95. The molecule has 0 radical (unpaired) electrons. The van der Waals surface area contributed by atoms with Gasteiger partial charge < -0.3 is 5.32 Å². The van der Waals surface area contributed by atoms with E-state index < -0.39 is 10.8 Å².